The average Bonchev–Trinajstić information content (AvgIpc) is 2.77. The Bertz CT molecular complexity index is 1200. The van der Waals surface area contributed by atoms with Crippen LogP contribution in [0.15, 0.2) is 94.7 Å². The molecule has 1 N–H and O–H groups in total. The van der Waals surface area contributed by atoms with Gasteiger partial charge >= 0.3 is 0 Å². The number of nitrogens with zero attached hydrogens (tertiary/aromatic N) is 2. The number of aromatic hydroxyl groups is 1. The summed E-state index contributed by atoms with van der Waals surface area (Å²) in [4.78, 5) is 17.5. The van der Waals surface area contributed by atoms with E-state index in [4.69, 9.17) is 0 Å². The zero-order valence-corrected chi connectivity index (χ0v) is 16.0. The highest BCUT2D eigenvalue weighted by atomic mass is 16.3. The molecule has 0 radical (unpaired) electrons. The molecule has 0 unspecified atom stereocenters. The van der Waals surface area contributed by atoms with Crippen LogP contribution in [0.2, 0.25) is 0 Å². The lowest BCUT2D eigenvalue weighted by atomic mass is 10.1. The molecule has 4 nitrogen and oxygen atoms in total. The van der Waals surface area contributed by atoms with E-state index in [-0.39, 0.29) is 11.4 Å². The van der Waals surface area contributed by atoms with Gasteiger partial charge in [-0.15, -0.1) is 0 Å². The standard InChI is InChI=1S/C25H22N2O2/c28-24-22-14-8-7-13-21(22)23(17-26-16-15-19-9-3-1-4-10-19)25(29)27(24)18-20-11-5-2-6-12-20/h1-14,17,29H,15-16,18H2. The van der Waals surface area contributed by atoms with Gasteiger partial charge in [-0.25, -0.2) is 0 Å². The first-order valence-electron chi connectivity index (χ1n) is 9.66. The fourth-order valence-corrected chi connectivity index (χ4v) is 3.45. The number of hydrogen-bond acceptors (Lipinski definition) is 3. The van der Waals surface area contributed by atoms with E-state index in [1.165, 1.54) is 10.1 Å². The molecule has 1 aromatic heterocycles. The summed E-state index contributed by atoms with van der Waals surface area (Å²) < 4.78 is 1.41. The van der Waals surface area contributed by atoms with Gasteiger partial charge in [0.25, 0.3) is 5.56 Å². The van der Waals surface area contributed by atoms with Crippen molar-refractivity contribution < 1.29 is 5.11 Å². The van der Waals surface area contributed by atoms with Crippen molar-refractivity contribution >= 4 is 17.0 Å². The van der Waals surface area contributed by atoms with Crippen LogP contribution < -0.4 is 5.56 Å². The molecule has 0 aliphatic carbocycles. The molecule has 29 heavy (non-hydrogen) atoms. The third-order valence-electron chi connectivity index (χ3n) is 4.97. The lowest BCUT2D eigenvalue weighted by molar-refractivity contribution is 0.416. The minimum absolute atomic E-state index is 0.0546. The summed E-state index contributed by atoms with van der Waals surface area (Å²) in [5.74, 6) is -0.0546. The molecule has 0 fully saturated rings. The van der Waals surface area contributed by atoms with Gasteiger partial charge in [-0.05, 0) is 23.6 Å². The largest absolute Gasteiger partial charge is 0.494 e. The fourth-order valence-electron chi connectivity index (χ4n) is 3.45. The van der Waals surface area contributed by atoms with E-state index >= 15 is 0 Å². The molecule has 144 valence electrons. The molecule has 0 aliphatic heterocycles. The predicted molar refractivity (Wildman–Crippen MR) is 118 cm³/mol. The lowest BCUT2D eigenvalue weighted by Crippen LogP contribution is -2.22. The van der Waals surface area contributed by atoms with Crippen molar-refractivity contribution in [3.05, 3.63) is 112 Å². The predicted octanol–water partition coefficient (Wildman–Crippen LogP) is 4.42. The number of rotatable bonds is 6. The van der Waals surface area contributed by atoms with Crippen molar-refractivity contribution in [3.63, 3.8) is 0 Å². The molecule has 0 atom stereocenters. The maximum Gasteiger partial charge on any atom is 0.261 e. The van der Waals surface area contributed by atoms with E-state index in [0.29, 0.717) is 29.4 Å². The van der Waals surface area contributed by atoms with Crippen molar-refractivity contribution in [3.8, 4) is 5.88 Å². The highest BCUT2D eigenvalue weighted by Gasteiger charge is 2.15. The van der Waals surface area contributed by atoms with Crippen LogP contribution in [0.3, 0.4) is 0 Å². The molecule has 0 bridgehead atoms. The zero-order chi connectivity index (χ0) is 20.1. The van der Waals surface area contributed by atoms with Crippen molar-refractivity contribution in [2.24, 2.45) is 4.99 Å². The fraction of sp³-hybridized carbons (Fsp3) is 0.120. The second kappa shape index (κ2) is 8.57. The molecule has 1 heterocycles. The molecule has 4 aromatic rings. The summed E-state index contributed by atoms with van der Waals surface area (Å²) in [6, 6.07) is 27.2. The third kappa shape index (κ3) is 4.11. The Morgan fingerprint density at radius 2 is 1.38 bits per heavy atom. The molecular weight excluding hydrogens is 360 g/mol. The smallest absolute Gasteiger partial charge is 0.261 e. The minimum Gasteiger partial charge on any atom is -0.494 e. The van der Waals surface area contributed by atoms with Crippen LogP contribution in [0.4, 0.5) is 0 Å². The first-order valence-corrected chi connectivity index (χ1v) is 9.66. The molecular formula is C25H22N2O2. The van der Waals surface area contributed by atoms with Crippen LogP contribution in [-0.2, 0) is 13.0 Å². The van der Waals surface area contributed by atoms with Crippen molar-refractivity contribution in [2.45, 2.75) is 13.0 Å². The minimum atomic E-state index is -0.205. The Labute approximate surface area is 169 Å². The number of benzene rings is 3. The van der Waals surface area contributed by atoms with Crippen molar-refractivity contribution in [1.82, 2.24) is 4.57 Å². The van der Waals surface area contributed by atoms with E-state index in [2.05, 4.69) is 17.1 Å². The summed E-state index contributed by atoms with van der Waals surface area (Å²) in [6.07, 6.45) is 2.50. The van der Waals surface area contributed by atoms with Crippen LogP contribution >= 0.6 is 0 Å². The van der Waals surface area contributed by atoms with E-state index in [1.54, 1.807) is 12.3 Å². The van der Waals surface area contributed by atoms with Crippen LogP contribution in [0.1, 0.15) is 16.7 Å². The van der Waals surface area contributed by atoms with Gasteiger partial charge in [-0.3, -0.25) is 14.4 Å². The third-order valence-corrected chi connectivity index (χ3v) is 4.97. The van der Waals surface area contributed by atoms with Crippen LogP contribution in [0.5, 0.6) is 5.88 Å². The van der Waals surface area contributed by atoms with E-state index in [9.17, 15) is 9.90 Å². The molecule has 0 saturated carbocycles. The SMILES string of the molecule is O=c1c2ccccc2c(C=NCCc2ccccc2)c(O)n1Cc1ccccc1. The summed E-state index contributed by atoms with van der Waals surface area (Å²) in [7, 11) is 0. The Hall–Kier alpha value is -3.66. The highest BCUT2D eigenvalue weighted by molar-refractivity contribution is 6.01. The number of pyridine rings is 1. The Kier molecular flexibility index (Phi) is 5.52. The first kappa shape index (κ1) is 18.7. The van der Waals surface area contributed by atoms with Gasteiger partial charge in [0.2, 0.25) is 5.88 Å². The summed E-state index contributed by atoms with van der Waals surface area (Å²) in [6.45, 7) is 0.913. The number of hydrogen-bond donors (Lipinski definition) is 1. The van der Waals surface area contributed by atoms with Crippen molar-refractivity contribution in [2.75, 3.05) is 6.54 Å². The summed E-state index contributed by atoms with van der Waals surface area (Å²) in [5.41, 5.74) is 2.53. The Balaban J connectivity index is 1.70. The average molecular weight is 382 g/mol. The summed E-state index contributed by atoms with van der Waals surface area (Å²) in [5, 5.41) is 12.2. The number of aliphatic imine (C=N–C) groups is 1. The second-order valence-electron chi connectivity index (χ2n) is 6.93. The molecule has 0 amide bonds. The van der Waals surface area contributed by atoms with Crippen LogP contribution in [0.25, 0.3) is 10.8 Å². The Morgan fingerprint density at radius 3 is 2.07 bits per heavy atom. The zero-order valence-electron chi connectivity index (χ0n) is 16.0. The molecule has 4 rings (SSSR count). The maximum atomic E-state index is 13.0. The molecule has 0 aliphatic rings. The quantitative estimate of drug-likeness (QED) is 0.502. The molecule has 0 saturated heterocycles. The normalized spacial score (nSPS) is 11.3. The van der Waals surface area contributed by atoms with Gasteiger partial charge in [0.15, 0.2) is 0 Å². The van der Waals surface area contributed by atoms with Gasteiger partial charge < -0.3 is 5.11 Å². The second-order valence-corrected chi connectivity index (χ2v) is 6.93. The van der Waals surface area contributed by atoms with Gasteiger partial charge in [-0.1, -0.05) is 78.9 Å². The number of aromatic nitrogens is 1. The topological polar surface area (TPSA) is 54.6 Å². The van der Waals surface area contributed by atoms with E-state index < -0.39 is 0 Å². The van der Waals surface area contributed by atoms with E-state index in [0.717, 1.165) is 12.0 Å². The highest BCUT2D eigenvalue weighted by Crippen LogP contribution is 2.24. The molecule has 4 heteroatoms. The monoisotopic (exact) mass is 382 g/mol. The van der Waals surface area contributed by atoms with Gasteiger partial charge in [0, 0.05) is 23.5 Å². The Morgan fingerprint density at radius 1 is 0.793 bits per heavy atom. The molecule has 3 aromatic carbocycles. The molecule has 0 spiro atoms. The van der Waals surface area contributed by atoms with E-state index in [1.807, 2.05) is 66.7 Å². The maximum absolute atomic E-state index is 13.0. The first-order chi connectivity index (χ1) is 14.2. The van der Waals surface area contributed by atoms with Gasteiger partial charge in [0.05, 0.1) is 12.1 Å². The van der Waals surface area contributed by atoms with Gasteiger partial charge in [0.1, 0.15) is 0 Å². The van der Waals surface area contributed by atoms with Crippen LogP contribution in [-0.4, -0.2) is 22.4 Å². The van der Waals surface area contributed by atoms with Crippen LogP contribution in [0, 0.1) is 0 Å². The lowest BCUT2D eigenvalue weighted by Gasteiger charge is -2.13. The van der Waals surface area contributed by atoms with Crippen molar-refractivity contribution in [1.29, 1.82) is 0 Å². The summed E-state index contributed by atoms with van der Waals surface area (Å²) >= 11 is 0. The van der Waals surface area contributed by atoms with Gasteiger partial charge in [-0.2, -0.15) is 0 Å². The number of fused-ring (bicyclic) bond motifs is 1.